The molecule has 0 bridgehead atoms. The zero-order chi connectivity index (χ0) is 28.5. The molecule has 3 aromatic rings. The Morgan fingerprint density at radius 3 is 2.38 bits per heavy atom. The van der Waals surface area contributed by atoms with Gasteiger partial charge < -0.3 is 28.8 Å². The average molecular weight is 548 g/mol. The molecule has 1 amide bonds. The fourth-order valence-electron chi connectivity index (χ4n) is 4.74. The van der Waals surface area contributed by atoms with E-state index in [1.54, 1.807) is 48.9 Å². The molecule has 40 heavy (non-hydrogen) atoms. The normalized spacial score (nSPS) is 16.4. The van der Waals surface area contributed by atoms with Gasteiger partial charge in [-0.15, -0.1) is 0 Å². The van der Waals surface area contributed by atoms with Crippen LogP contribution in [0.4, 0.5) is 0 Å². The quantitative estimate of drug-likeness (QED) is 0.125. The first kappa shape index (κ1) is 28.7. The second-order valence-electron chi connectivity index (χ2n) is 9.45. The van der Waals surface area contributed by atoms with Crippen LogP contribution in [0, 0.1) is 0 Å². The molecule has 0 aliphatic carbocycles. The van der Waals surface area contributed by atoms with E-state index in [2.05, 4.69) is 11.9 Å². The maximum absolute atomic E-state index is 13.4. The van der Waals surface area contributed by atoms with Crippen LogP contribution in [0.15, 0.2) is 66.8 Å². The maximum Gasteiger partial charge on any atom is 0.295 e. The first-order valence-corrected chi connectivity index (χ1v) is 13.8. The van der Waals surface area contributed by atoms with Crippen LogP contribution in [0.5, 0.6) is 17.2 Å². The van der Waals surface area contributed by atoms with Crippen LogP contribution >= 0.6 is 0 Å². The van der Waals surface area contributed by atoms with Crippen molar-refractivity contribution in [3.63, 3.8) is 0 Å². The molecule has 9 nitrogen and oxygen atoms in total. The highest BCUT2D eigenvalue weighted by molar-refractivity contribution is 6.46. The van der Waals surface area contributed by atoms with Gasteiger partial charge in [-0.05, 0) is 68.7 Å². The summed E-state index contributed by atoms with van der Waals surface area (Å²) in [6.45, 7) is 8.29. The number of imidazole rings is 1. The zero-order valence-corrected chi connectivity index (χ0v) is 23.3. The minimum atomic E-state index is -0.793. The third-order valence-electron chi connectivity index (χ3n) is 6.69. The summed E-state index contributed by atoms with van der Waals surface area (Å²) in [6, 6.07) is 11.5. The van der Waals surface area contributed by atoms with Crippen molar-refractivity contribution in [3.8, 4) is 17.2 Å². The molecule has 2 aromatic carbocycles. The highest BCUT2D eigenvalue weighted by atomic mass is 16.5. The topological polar surface area (TPSA) is 103 Å². The van der Waals surface area contributed by atoms with Crippen molar-refractivity contribution in [2.45, 2.75) is 52.6 Å². The largest absolute Gasteiger partial charge is 0.507 e. The number of likely N-dealkylation sites (tertiary alicyclic amines) is 1. The molecule has 1 atom stereocenters. The molecule has 9 heteroatoms. The Morgan fingerprint density at radius 2 is 1.70 bits per heavy atom. The number of unbranched alkanes of at least 4 members (excludes halogenated alkanes) is 1. The Hall–Kier alpha value is -4.27. The smallest absolute Gasteiger partial charge is 0.295 e. The number of amides is 1. The molecule has 0 spiro atoms. The number of aromatic nitrogens is 2. The minimum absolute atomic E-state index is 0.0406. The maximum atomic E-state index is 13.4. The van der Waals surface area contributed by atoms with Gasteiger partial charge in [-0.3, -0.25) is 9.59 Å². The van der Waals surface area contributed by atoms with Gasteiger partial charge in [-0.2, -0.15) is 0 Å². The average Bonchev–Trinajstić information content (AvgIpc) is 3.57. The van der Waals surface area contributed by atoms with Crippen molar-refractivity contribution in [3.05, 3.63) is 77.9 Å². The number of carbonyl (C=O) groups excluding carboxylic acids is 2. The summed E-state index contributed by atoms with van der Waals surface area (Å²) in [6.07, 6.45) is 7.77. The number of ether oxygens (including phenoxy) is 3. The van der Waals surface area contributed by atoms with Gasteiger partial charge in [0.25, 0.3) is 11.7 Å². The summed E-state index contributed by atoms with van der Waals surface area (Å²) in [7, 11) is 0. The van der Waals surface area contributed by atoms with E-state index in [0.29, 0.717) is 67.7 Å². The van der Waals surface area contributed by atoms with E-state index in [9.17, 15) is 14.7 Å². The number of hydrogen-bond donors (Lipinski definition) is 1. The van der Waals surface area contributed by atoms with Gasteiger partial charge in [0.15, 0.2) is 11.5 Å². The molecule has 1 aliphatic rings. The molecule has 1 fully saturated rings. The Balaban J connectivity index is 1.74. The standard InChI is InChI=1S/C31H37N3O6/c1-4-7-19-40-25-14-11-23(20-26(25)39-6-3)28-27(29(35)22-9-12-24(13-10-22)38-5-2)30(36)31(37)34(28)17-8-16-33-18-15-32-21-33/h9-15,18,20-21,28,35H,4-8,16-17,19H2,1-3H3/b29-27+. The summed E-state index contributed by atoms with van der Waals surface area (Å²) >= 11 is 0. The van der Waals surface area contributed by atoms with Gasteiger partial charge in [0, 0.05) is 31.0 Å². The lowest BCUT2D eigenvalue weighted by Crippen LogP contribution is -2.31. The molecule has 0 saturated carbocycles. The van der Waals surface area contributed by atoms with Crippen molar-refractivity contribution in [2.24, 2.45) is 0 Å². The second kappa shape index (κ2) is 13.7. The van der Waals surface area contributed by atoms with E-state index >= 15 is 0 Å². The van der Waals surface area contributed by atoms with Crippen LogP contribution < -0.4 is 14.2 Å². The van der Waals surface area contributed by atoms with Gasteiger partial charge in [-0.25, -0.2) is 4.98 Å². The van der Waals surface area contributed by atoms with E-state index in [1.807, 2.05) is 30.7 Å². The minimum Gasteiger partial charge on any atom is -0.507 e. The summed E-state index contributed by atoms with van der Waals surface area (Å²) in [5, 5.41) is 11.4. The van der Waals surface area contributed by atoms with Crippen LogP contribution in [-0.4, -0.2) is 57.6 Å². The predicted octanol–water partition coefficient (Wildman–Crippen LogP) is 5.37. The van der Waals surface area contributed by atoms with Crippen molar-refractivity contribution < 1.29 is 28.9 Å². The lowest BCUT2D eigenvalue weighted by molar-refractivity contribution is -0.139. The number of aliphatic hydroxyl groups is 1. The fraction of sp³-hybridized carbons (Fsp3) is 0.387. The lowest BCUT2D eigenvalue weighted by atomic mass is 9.95. The van der Waals surface area contributed by atoms with Gasteiger partial charge in [-0.1, -0.05) is 19.4 Å². The predicted molar refractivity (Wildman–Crippen MR) is 151 cm³/mol. The molecular formula is C31H37N3O6. The van der Waals surface area contributed by atoms with Crippen LogP contribution in [0.3, 0.4) is 0 Å². The summed E-state index contributed by atoms with van der Waals surface area (Å²) in [5.74, 6) is 0.175. The number of hydrogen-bond acceptors (Lipinski definition) is 7. The lowest BCUT2D eigenvalue weighted by Gasteiger charge is -2.26. The summed E-state index contributed by atoms with van der Waals surface area (Å²) in [5.41, 5.74) is 1.12. The molecular weight excluding hydrogens is 510 g/mol. The monoisotopic (exact) mass is 547 g/mol. The first-order valence-electron chi connectivity index (χ1n) is 13.8. The van der Waals surface area contributed by atoms with E-state index in [1.165, 1.54) is 4.90 Å². The first-order chi connectivity index (χ1) is 19.5. The van der Waals surface area contributed by atoms with Crippen LogP contribution in [-0.2, 0) is 16.1 Å². The number of rotatable bonds is 14. The van der Waals surface area contributed by atoms with E-state index < -0.39 is 17.7 Å². The van der Waals surface area contributed by atoms with Gasteiger partial charge in [0.05, 0.1) is 37.8 Å². The fourth-order valence-corrected chi connectivity index (χ4v) is 4.74. The van der Waals surface area contributed by atoms with Crippen molar-refractivity contribution >= 4 is 17.4 Å². The number of ketones is 1. The Bertz CT molecular complexity index is 1320. The van der Waals surface area contributed by atoms with E-state index in [0.717, 1.165) is 12.8 Å². The second-order valence-corrected chi connectivity index (χ2v) is 9.45. The van der Waals surface area contributed by atoms with Crippen LogP contribution in [0.1, 0.15) is 57.2 Å². The molecule has 1 saturated heterocycles. The summed E-state index contributed by atoms with van der Waals surface area (Å²) < 4.78 is 19.3. The molecule has 4 rings (SSSR count). The number of carbonyl (C=O) groups is 2. The third kappa shape index (κ3) is 6.47. The molecule has 2 heterocycles. The number of nitrogens with zero attached hydrogens (tertiary/aromatic N) is 3. The SMILES string of the molecule is CCCCOc1ccc(C2/C(=C(\O)c3ccc(OCC)cc3)C(=O)C(=O)N2CCCn2ccnc2)cc1OCC. The highest BCUT2D eigenvalue weighted by Gasteiger charge is 2.46. The van der Waals surface area contributed by atoms with Crippen LogP contribution in [0.2, 0.25) is 0 Å². The van der Waals surface area contributed by atoms with Gasteiger partial charge >= 0.3 is 0 Å². The number of benzene rings is 2. The van der Waals surface area contributed by atoms with Crippen molar-refractivity contribution in [1.29, 1.82) is 0 Å². The van der Waals surface area contributed by atoms with E-state index in [4.69, 9.17) is 14.2 Å². The number of aliphatic hydroxyl groups excluding tert-OH is 1. The number of Topliss-reactive ketones (excluding diaryl/α,β-unsaturated/α-hetero) is 1. The van der Waals surface area contributed by atoms with Crippen molar-refractivity contribution in [2.75, 3.05) is 26.4 Å². The molecule has 1 unspecified atom stereocenters. The van der Waals surface area contributed by atoms with E-state index in [-0.39, 0.29) is 11.3 Å². The molecule has 1 aromatic heterocycles. The third-order valence-corrected chi connectivity index (χ3v) is 6.69. The Kier molecular flexibility index (Phi) is 9.83. The highest BCUT2D eigenvalue weighted by Crippen LogP contribution is 2.42. The Morgan fingerprint density at radius 1 is 0.925 bits per heavy atom. The van der Waals surface area contributed by atoms with Crippen molar-refractivity contribution in [1.82, 2.24) is 14.5 Å². The van der Waals surface area contributed by atoms with Crippen LogP contribution in [0.25, 0.3) is 5.76 Å². The van der Waals surface area contributed by atoms with Gasteiger partial charge in [0.2, 0.25) is 0 Å². The number of aryl methyl sites for hydroxylation is 1. The van der Waals surface area contributed by atoms with Gasteiger partial charge in [0.1, 0.15) is 11.5 Å². The zero-order valence-electron chi connectivity index (χ0n) is 23.3. The molecule has 1 N–H and O–H groups in total. The summed E-state index contributed by atoms with van der Waals surface area (Å²) in [4.78, 5) is 32.4. The molecule has 1 aliphatic heterocycles. The molecule has 212 valence electrons. The molecule has 0 radical (unpaired) electrons. The Labute approximate surface area is 235 Å².